The SMILES string of the molecule is CN1CCC(Oc2cccc(C#N)c2)C1. The molecule has 0 radical (unpaired) electrons. The monoisotopic (exact) mass is 202 g/mol. The van der Waals surface area contributed by atoms with Crippen LogP contribution in [0.3, 0.4) is 0 Å². The van der Waals surface area contributed by atoms with Gasteiger partial charge in [-0.3, -0.25) is 0 Å². The normalized spacial score (nSPS) is 21.2. The minimum Gasteiger partial charge on any atom is -0.489 e. The maximum atomic E-state index is 8.75. The van der Waals surface area contributed by atoms with Gasteiger partial charge >= 0.3 is 0 Å². The maximum absolute atomic E-state index is 8.75. The molecule has 78 valence electrons. The van der Waals surface area contributed by atoms with Crippen molar-refractivity contribution in [3.8, 4) is 11.8 Å². The fourth-order valence-electron chi connectivity index (χ4n) is 1.82. The van der Waals surface area contributed by atoms with Crippen LogP contribution in [0, 0.1) is 11.3 Å². The van der Waals surface area contributed by atoms with Gasteiger partial charge in [-0.25, -0.2) is 0 Å². The summed E-state index contributed by atoms with van der Waals surface area (Å²) in [6.45, 7) is 2.05. The van der Waals surface area contributed by atoms with Gasteiger partial charge in [-0.15, -0.1) is 0 Å². The van der Waals surface area contributed by atoms with Crippen LogP contribution in [0.25, 0.3) is 0 Å². The topological polar surface area (TPSA) is 36.3 Å². The molecule has 0 saturated carbocycles. The molecule has 1 heterocycles. The van der Waals surface area contributed by atoms with Gasteiger partial charge in [0, 0.05) is 13.1 Å². The number of hydrogen-bond donors (Lipinski definition) is 0. The average molecular weight is 202 g/mol. The van der Waals surface area contributed by atoms with Gasteiger partial charge in [-0.1, -0.05) is 6.07 Å². The van der Waals surface area contributed by atoms with Crippen molar-refractivity contribution >= 4 is 0 Å². The van der Waals surface area contributed by atoms with Crippen LogP contribution in [0.1, 0.15) is 12.0 Å². The lowest BCUT2D eigenvalue weighted by Crippen LogP contribution is -2.21. The third kappa shape index (κ3) is 2.48. The molecule has 3 heteroatoms. The molecule has 1 atom stereocenters. The summed E-state index contributed by atoms with van der Waals surface area (Å²) in [7, 11) is 2.09. The summed E-state index contributed by atoms with van der Waals surface area (Å²) in [4.78, 5) is 2.25. The average Bonchev–Trinajstić information content (AvgIpc) is 2.64. The Hall–Kier alpha value is -1.53. The van der Waals surface area contributed by atoms with Crippen molar-refractivity contribution in [3.63, 3.8) is 0 Å². The van der Waals surface area contributed by atoms with E-state index in [2.05, 4.69) is 18.0 Å². The molecule has 0 bridgehead atoms. The number of nitriles is 1. The quantitative estimate of drug-likeness (QED) is 0.731. The number of rotatable bonds is 2. The number of hydrogen-bond acceptors (Lipinski definition) is 3. The van der Waals surface area contributed by atoms with Crippen LogP contribution in [0.15, 0.2) is 24.3 Å². The van der Waals surface area contributed by atoms with E-state index in [1.807, 2.05) is 12.1 Å². The van der Waals surface area contributed by atoms with Crippen molar-refractivity contribution in [3.05, 3.63) is 29.8 Å². The van der Waals surface area contributed by atoms with E-state index in [-0.39, 0.29) is 6.10 Å². The van der Waals surface area contributed by atoms with Crippen LogP contribution < -0.4 is 4.74 Å². The van der Waals surface area contributed by atoms with Gasteiger partial charge in [-0.2, -0.15) is 5.26 Å². The van der Waals surface area contributed by atoms with Crippen LogP contribution in [0.2, 0.25) is 0 Å². The lowest BCUT2D eigenvalue weighted by molar-refractivity contribution is 0.208. The van der Waals surface area contributed by atoms with Crippen LogP contribution in [-0.2, 0) is 0 Å². The number of nitrogens with zero attached hydrogens (tertiary/aromatic N) is 2. The molecule has 0 aromatic heterocycles. The molecule has 2 rings (SSSR count). The molecule has 1 aromatic rings. The number of likely N-dealkylation sites (tertiary alicyclic amines) is 1. The van der Waals surface area contributed by atoms with E-state index in [9.17, 15) is 0 Å². The Kier molecular flexibility index (Phi) is 2.89. The fourth-order valence-corrected chi connectivity index (χ4v) is 1.82. The summed E-state index contributed by atoms with van der Waals surface area (Å²) in [6.07, 6.45) is 1.33. The van der Waals surface area contributed by atoms with Gasteiger partial charge in [-0.05, 0) is 31.7 Å². The second-order valence-electron chi connectivity index (χ2n) is 3.93. The Morgan fingerprint density at radius 2 is 2.40 bits per heavy atom. The van der Waals surface area contributed by atoms with Crippen molar-refractivity contribution in [1.29, 1.82) is 5.26 Å². The highest BCUT2D eigenvalue weighted by Gasteiger charge is 2.20. The van der Waals surface area contributed by atoms with Gasteiger partial charge in [0.1, 0.15) is 11.9 Å². The Labute approximate surface area is 89.9 Å². The lowest BCUT2D eigenvalue weighted by atomic mass is 10.2. The molecule has 3 nitrogen and oxygen atoms in total. The molecule has 1 aliphatic rings. The van der Waals surface area contributed by atoms with E-state index in [0.29, 0.717) is 5.56 Å². The Morgan fingerprint density at radius 3 is 3.07 bits per heavy atom. The molecule has 15 heavy (non-hydrogen) atoms. The van der Waals surface area contributed by atoms with Crippen molar-refractivity contribution in [2.75, 3.05) is 20.1 Å². The summed E-state index contributed by atoms with van der Waals surface area (Å²) in [6, 6.07) is 9.44. The summed E-state index contributed by atoms with van der Waals surface area (Å²) in [5, 5.41) is 8.75. The predicted molar refractivity (Wildman–Crippen MR) is 57.7 cm³/mol. The molecular formula is C12H14N2O. The first kappa shape index (κ1) is 10.0. The molecule has 0 spiro atoms. The lowest BCUT2D eigenvalue weighted by Gasteiger charge is -2.13. The zero-order valence-electron chi connectivity index (χ0n) is 8.81. The largest absolute Gasteiger partial charge is 0.489 e. The Balaban J connectivity index is 2.02. The van der Waals surface area contributed by atoms with Crippen LogP contribution in [-0.4, -0.2) is 31.1 Å². The van der Waals surface area contributed by atoms with Gasteiger partial charge in [0.15, 0.2) is 0 Å². The highest BCUT2D eigenvalue weighted by Crippen LogP contribution is 2.18. The molecule has 1 unspecified atom stereocenters. The zero-order valence-corrected chi connectivity index (χ0v) is 8.81. The van der Waals surface area contributed by atoms with E-state index in [4.69, 9.17) is 10.00 Å². The maximum Gasteiger partial charge on any atom is 0.121 e. The predicted octanol–water partition coefficient (Wildman–Crippen LogP) is 1.64. The van der Waals surface area contributed by atoms with E-state index in [1.165, 1.54) is 0 Å². The van der Waals surface area contributed by atoms with Gasteiger partial charge in [0.25, 0.3) is 0 Å². The van der Waals surface area contributed by atoms with Gasteiger partial charge in [0.2, 0.25) is 0 Å². The van der Waals surface area contributed by atoms with Crippen molar-refractivity contribution < 1.29 is 4.74 Å². The van der Waals surface area contributed by atoms with E-state index in [0.717, 1.165) is 25.3 Å². The molecule has 1 saturated heterocycles. The van der Waals surface area contributed by atoms with E-state index in [1.54, 1.807) is 12.1 Å². The highest BCUT2D eigenvalue weighted by atomic mass is 16.5. The first-order valence-electron chi connectivity index (χ1n) is 5.13. The van der Waals surface area contributed by atoms with Gasteiger partial charge in [0.05, 0.1) is 11.6 Å². The molecule has 1 fully saturated rings. The Bertz CT molecular complexity index is 383. The second-order valence-corrected chi connectivity index (χ2v) is 3.93. The third-order valence-corrected chi connectivity index (χ3v) is 2.61. The second kappa shape index (κ2) is 4.33. The first-order valence-corrected chi connectivity index (χ1v) is 5.13. The van der Waals surface area contributed by atoms with Crippen LogP contribution in [0.5, 0.6) is 5.75 Å². The smallest absolute Gasteiger partial charge is 0.121 e. The third-order valence-electron chi connectivity index (χ3n) is 2.61. The van der Waals surface area contributed by atoms with Crippen molar-refractivity contribution in [2.24, 2.45) is 0 Å². The summed E-state index contributed by atoms with van der Waals surface area (Å²) >= 11 is 0. The van der Waals surface area contributed by atoms with Crippen LogP contribution in [0.4, 0.5) is 0 Å². The Morgan fingerprint density at radius 1 is 1.53 bits per heavy atom. The van der Waals surface area contributed by atoms with Crippen LogP contribution >= 0.6 is 0 Å². The number of benzene rings is 1. The summed E-state index contributed by atoms with van der Waals surface area (Å²) in [5.41, 5.74) is 0.652. The minimum atomic E-state index is 0.268. The molecular weight excluding hydrogens is 188 g/mol. The highest BCUT2D eigenvalue weighted by molar-refractivity contribution is 5.36. The van der Waals surface area contributed by atoms with E-state index >= 15 is 0 Å². The van der Waals surface area contributed by atoms with Gasteiger partial charge < -0.3 is 9.64 Å². The summed E-state index contributed by atoms with van der Waals surface area (Å²) in [5.74, 6) is 0.800. The zero-order chi connectivity index (χ0) is 10.7. The van der Waals surface area contributed by atoms with E-state index < -0.39 is 0 Å². The standard InChI is InChI=1S/C12H14N2O/c1-14-6-5-12(9-14)15-11-4-2-3-10(7-11)8-13/h2-4,7,12H,5-6,9H2,1H3. The summed E-state index contributed by atoms with van der Waals surface area (Å²) < 4.78 is 5.80. The van der Waals surface area contributed by atoms with Crippen molar-refractivity contribution in [2.45, 2.75) is 12.5 Å². The molecule has 0 N–H and O–H groups in total. The molecule has 0 amide bonds. The molecule has 1 aromatic carbocycles. The first-order chi connectivity index (χ1) is 7.28. The van der Waals surface area contributed by atoms with Crippen molar-refractivity contribution in [1.82, 2.24) is 4.90 Å². The number of likely N-dealkylation sites (N-methyl/N-ethyl adjacent to an activating group) is 1. The minimum absolute atomic E-state index is 0.268. The number of ether oxygens (including phenoxy) is 1. The molecule has 0 aliphatic carbocycles. The fraction of sp³-hybridized carbons (Fsp3) is 0.417. The molecule has 1 aliphatic heterocycles.